The topological polar surface area (TPSA) is 82.5 Å². The minimum Gasteiger partial charge on any atom is -0.480 e. The molecule has 7 heteroatoms. The molecule has 0 aliphatic carbocycles. The average molecular weight is 270 g/mol. The van der Waals surface area contributed by atoms with Crippen LogP contribution in [0.1, 0.15) is 12.8 Å². The summed E-state index contributed by atoms with van der Waals surface area (Å²) in [5.41, 5.74) is 0. The zero-order valence-electron chi connectivity index (χ0n) is 9.47. The van der Waals surface area contributed by atoms with Crippen molar-refractivity contribution in [2.45, 2.75) is 18.9 Å². The number of hydrogen-bond acceptors (Lipinski definition) is 3. The first-order valence-corrected chi connectivity index (χ1v) is 5.87. The van der Waals surface area contributed by atoms with Crippen molar-refractivity contribution in [2.24, 2.45) is 0 Å². The van der Waals surface area contributed by atoms with E-state index in [9.17, 15) is 9.59 Å². The van der Waals surface area contributed by atoms with Crippen LogP contribution >= 0.6 is 11.6 Å². The number of rotatable bonds is 2. The molecule has 1 aromatic heterocycles. The molecule has 1 fully saturated rings. The summed E-state index contributed by atoms with van der Waals surface area (Å²) in [5.74, 6) is -0.632. The first-order chi connectivity index (χ1) is 8.58. The Hall–Kier alpha value is -1.82. The summed E-state index contributed by atoms with van der Waals surface area (Å²) in [5, 5.41) is 12.0. The summed E-state index contributed by atoms with van der Waals surface area (Å²) in [7, 11) is 0. The number of amides is 2. The van der Waals surface area contributed by atoms with Crippen LogP contribution in [0.4, 0.5) is 10.6 Å². The number of aliphatic carboxylic acids is 1. The maximum Gasteiger partial charge on any atom is 0.326 e. The van der Waals surface area contributed by atoms with E-state index in [0.717, 1.165) is 0 Å². The number of carbonyl (C=O) groups excluding carboxylic acids is 1. The molecule has 1 unspecified atom stereocenters. The molecule has 1 aromatic rings. The molecule has 18 heavy (non-hydrogen) atoms. The number of likely N-dealkylation sites (tertiary alicyclic amines) is 1. The van der Waals surface area contributed by atoms with Gasteiger partial charge >= 0.3 is 12.0 Å². The van der Waals surface area contributed by atoms with E-state index in [1.54, 1.807) is 12.1 Å². The molecule has 0 spiro atoms. The molecule has 1 aliphatic heterocycles. The number of halogens is 1. The van der Waals surface area contributed by atoms with Gasteiger partial charge in [-0.3, -0.25) is 5.32 Å². The van der Waals surface area contributed by atoms with Gasteiger partial charge in [0, 0.05) is 12.7 Å². The standard InChI is InChI=1S/C11H12ClN3O3/c12-7-3-4-9(13-6-7)14-11(18)15-5-1-2-8(15)10(16)17/h3-4,6,8H,1-2,5H2,(H,16,17)(H,13,14,18). The number of aromatic nitrogens is 1. The van der Waals surface area contributed by atoms with Gasteiger partial charge in [-0.15, -0.1) is 0 Å². The highest BCUT2D eigenvalue weighted by molar-refractivity contribution is 6.30. The van der Waals surface area contributed by atoms with Gasteiger partial charge in [-0.2, -0.15) is 0 Å². The van der Waals surface area contributed by atoms with Gasteiger partial charge in [-0.05, 0) is 25.0 Å². The van der Waals surface area contributed by atoms with Crippen LogP contribution in [0.5, 0.6) is 0 Å². The Morgan fingerprint density at radius 3 is 2.89 bits per heavy atom. The Balaban J connectivity index is 2.03. The second-order valence-corrected chi connectivity index (χ2v) is 4.42. The molecule has 2 N–H and O–H groups in total. The van der Waals surface area contributed by atoms with E-state index in [4.69, 9.17) is 16.7 Å². The van der Waals surface area contributed by atoms with Crippen molar-refractivity contribution < 1.29 is 14.7 Å². The number of nitrogens with zero attached hydrogens (tertiary/aromatic N) is 2. The first-order valence-electron chi connectivity index (χ1n) is 5.50. The van der Waals surface area contributed by atoms with Crippen molar-refractivity contribution in [3.05, 3.63) is 23.4 Å². The van der Waals surface area contributed by atoms with Crippen LogP contribution < -0.4 is 5.32 Å². The van der Waals surface area contributed by atoms with Gasteiger partial charge in [0.1, 0.15) is 11.9 Å². The quantitative estimate of drug-likeness (QED) is 0.858. The number of pyridine rings is 1. The molecular formula is C11H12ClN3O3. The van der Waals surface area contributed by atoms with E-state index >= 15 is 0 Å². The highest BCUT2D eigenvalue weighted by Gasteiger charge is 2.34. The Labute approximate surface area is 109 Å². The van der Waals surface area contributed by atoms with Crippen molar-refractivity contribution >= 4 is 29.4 Å². The summed E-state index contributed by atoms with van der Waals surface area (Å²) in [6, 6.07) is 1.96. The van der Waals surface area contributed by atoms with E-state index in [1.165, 1.54) is 11.1 Å². The van der Waals surface area contributed by atoms with Crippen molar-refractivity contribution in [1.82, 2.24) is 9.88 Å². The molecule has 0 saturated carbocycles. The van der Waals surface area contributed by atoms with E-state index in [2.05, 4.69) is 10.3 Å². The van der Waals surface area contributed by atoms with E-state index < -0.39 is 18.0 Å². The number of nitrogens with one attached hydrogen (secondary N) is 1. The van der Waals surface area contributed by atoms with Gasteiger partial charge in [0.2, 0.25) is 0 Å². The molecule has 96 valence electrons. The van der Waals surface area contributed by atoms with Gasteiger partial charge in [0.15, 0.2) is 0 Å². The zero-order valence-corrected chi connectivity index (χ0v) is 10.2. The molecule has 2 rings (SSSR count). The molecule has 1 aliphatic rings. The number of anilines is 1. The van der Waals surface area contributed by atoms with Gasteiger partial charge in [-0.25, -0.2) is 14.6 Å². The molecule has 0 bridgehead atoms. The largest absolute Gasteiger partial charge is 0.480 e. The third-order valence-electron chi connectivity index (χ3n) is 2.76. The summed E-state index contributed by atoms with van der Waals surface area (Å²) in [6.45, 7) is 0.441. The monoisotopic (exact) mass is 269 g/mol. The summed E-state index contributed by atoms with van der Waals surface area (Å²) >= 11 is 5.68. The summed E-state index contributed by atoms with van der Waals surface area (Å²) in [6.07, 6.45) is 2.59. The van der Waals surface area contributed by atoms with Crippen molar-refractivity contribution in [1.29, 1.82) is 0 Å². The Bertz CT molecular complexity index is 463. The number of carbonyl (C=O) groups is 2. The lowest BCUT2D eigenvalue weighted by Gasteiger charge is -2.21. The lowest BCUT2D eigenvalue weighted by molar-refractivity contribution is -0.141. The Morgan fingerprint density at radius 2 is 2.28 bits per heavy atom. The predicted octanol–water partition coefficient (Wildman–Crippen LogP) is 1.82. The van der Waals surface area contributed by atoms with Crippen molar-refractivity contribution in [3.8, 4) is 0 Å². The third kappa shape index (κ3) is 2.70. The Morgan fingerprint density at radius 1 is 1.50 bits per heavy atom. The summed E-state index contributed by atoms with van der Waals surface area (Å²) in [4.78, 5) is 28.1. The van der Waals surface area contributed by atoms with Crippen LogP contribution in [0.15, 0.2) is 18.3 Å². The van der Waals surface area contributed by atoms with Crippen molar-refractivity contribution in [3.63, 3.8) is 0 Å². The molecule has 2 heterocycles. The average Bonchev–Trinajstić information content (AvgIpc) is 2.81. The lowest BCUT2D eigenvalue weighted by atomic mass is 10.2. The third-order valence-corrected chi connectivity index (χ3v) is 2.98. The normalized spacial score (nSPS) is 18.7. The van der Waals surface area contributed by atoms with Crippen LogP contribution in [-0.2, 0) is 4.79 Å². The number of carboxylic acids is 1. The fraction of sp³-hybridized carbons (Fsp3) is 0.364. The van der Waals surface area contributed by atoms with Gasteiger partial charge in [-0.1, -0.05) is 11.6 Å². The number of hydrogen-bond donors (Lipinski definition) is 2. The molecule has 1 saturated heterocycles. The number of carboxylic acid groups (broad SMARTS) is 1. The summed E-state index contributed by atoms with van der Waals surface area (Å²) < 4.78 is 0. The molecule has 0 aromatic carbocycles. The van der Waals surface area contributed by atoms with E-state index in [-0.39, 0.29) is 0 Å². The molecule has 0 radical (unpaired) electrons. The first kappa shape index (κ1) is 12.6. The smallest absolute Gasteiger partial charge is 0.326 e. The minimum atomic E-state index is -0.980. The SMILES string of the molecule is O=C(O)C1CCCN1C(=O)Nc1ccc(Cl)cn1. The van der Waals surface area contributed by atoms with Gasteiger partial charge < -0.3 is 10.0 Å². The predicted molar refractivity (Wildman–Crippen MR) is 65.6 cm³/mol. The molecular weight excluding hydrogens is 258 g/mol. The maximum atomic E-state index is 11.9. The van der Waals surface area contributed by atoms with Crippen molar-refractivity contribution in [2.75, 3.05) is 11.9 Å². The highest BCUT2D eigenvalue weighted by Crippen LogP contribution is 2.19. The second kappa shape index (κ2) is 5.22. The molecule has 1 atom stereocenters. The van der Waals surface area contributed by atoms with Crippen LogP contribution in [0.2, 0.25) is 5.02 Å². The lowest BCUT2D eigenvalue weighted by Crippen LogP contribution is -2.42. The minimum absolute atomic E-state index is 0.348. The van der Waals surface area contributed by atoms with Gasteiger partial charge in [0.25, 0.3) is 0 Å². The molecule has 2 amide bonds. The van der Waals surface area contributed by atoms with Crippen LogP contribution in [-0.4, -0.2) is 39.6 Å². The molecule has 6 nitrogen and oxygen atoms in total. The van der Waals surface area contributed by atoms with Crippen LogP contribution in [0.3, 0.4) is 0 Å². The number of urea groups is 1. The zero-order chi connectivity index (χ0) is 13.1. The van der Waals surface area contributed by atoms with Crippen LogP contribution in [0.25, 0.3) is 0 Å². The highest BCUT2D eigenvalue weighted by atomic mass is 35.5. The second-order valence-electron chi connectivity index (χ2n) is 3.98. The fourth-order valence-electron chi connectivity index (χ4n) is 1.90. The van der Waals surface area contributed by atoms with Crippen LogP contribution in [0, 0.1) is 0 Å². The van der Waals surface area contributed by atoms with E-state index in [1.807, 2.05) is 0 Å². The maximum absolute atomic E-state index is 11.9. The van der Waals surface area contributed by atoms with Gasteiger partial charge in [0.05, 0.1) is 5.02 Å². The fourth-order valence-corrected chi connectivity index (χ4v) is 2.01. The Kier molecular flexibility index (Phi) is 3.66. The van der Waals surface area contributed by atoms with E-state index in [0.29, 0.717) is 30.2 Å².